The van der Waals surface area contributed by atoms with Crippen LogP contribution in [-0.4, -0.2) is 18.6 Å². The number of carbonyl (C=O) groups is 2. The van der Waals surface area contributed by atoms with Crippen LogP contribution in [0.15, 0.2) is 66.7 Å². The molecule has 0 spiro atoms. The van der Waals surface area contributed by atoms with Gasteiger partial charge in [0.2, 0.25) is 6.79 Å². The summed E-state index contributed by atoms with van der Waals surface area (Å²) >= 11 is 0. The van der Waals surface area contributed by atoms with E-state index in [1.54, 1.807) is 30.3 Å². The standard InChI is InChI=1S/C24H17NO4/c1-15-5-4-6-17(11-15)25-23(26)19-8-3-2-7-18(19)20(24(25)27)12-16-9-10-21-22(13-16)29-14-28-21/h2-13H,14H2,1H3/b20-12-. The second kappa shape index (κ2) is 6.63. The fraction of sp³-hybridized carbons (Fsp3) is 0.0833. The van der Waals surface area contributed by atoms with Gasteiger partial charge >= 0.3 is 0 Å². The largest absolute Gasteiger partial charge is 0.454 e. The molecule has 0 bridgehead atoms. The quantitative estimate of drug-likeness (QED) is 0.485. The van der Waals surface area contributed by atoms with Crippen molar-refractivity contribution in [2.75, 3.05) is 11.7 Å². The van der Waals surface area contributed by atoms with E-state index < -0.39 is 0 Å². The SMILES string of the molecule is Cc1cccc(N2C(=O)/C(=C\c3ccc4c(c3)OCO4)c3ccccc3C2=O)c1. The predicted octanol–water partition coefficient (Wildman–Crippen LogP) is 4.45. The fourth-order valence-electron chi connectivity index (χ4n) is 3.66. The molecule has 2 heterocycles. The molecule has 0 N–H and O–H groups in total. The number of rotatable bonds is 2. The third-order valence-electron chi connectivity index (χ3n) is 5.05. The molecule has 2 amide bonds. The summed E-state index contributed by atoms with van der Waals surface area (Å²) in [6.07, 6.45) is 1.79. The zero-order valence-corrected chi connectivity index (χ0v) is 15.7. The molecule has 0 saturated heterocycles. The summed E-state index contributed by atoms with van der Waals surface area (Å²) in [5.74, 6) is 0.651. The first kappa shape index (κ1) is 17.3. The Kier molecular flexibility index (Phi) is 3.95. The van der Waals surface area contributed by atoms with E-state index in [0.29, 0.717) is 33.9 Å². The Labute approximate surface area is 167 Å². The predicted molar refractivity (Wildman–Crippen MR) is 110 cm³/mol. The number of ether oxygens (including phenoxy) is 2. The zero-order valence-electron chi connectivity index (χ0n) is 15.7. The maximum absolute atomic E-state index is 13.4. The van der Waals surface area contributed by atoms with Crippen LogP contribution in [-0.2, 0) is 4.79 Å². The maximum atomic E-state index is 13.4. The minimum absolute atomic E-state index is 0.187. The number of amides is 2. The molecular weight excluding hydrogens is 366 g/mol. The molecule has 2 aliphatic rings. The molecule has 29 heavy (non-hydrogen) atoms. The minimum atomic E-state index is -0.350. The summed E-state index contributed by atoms with van der Waals surface area (Å²) in [5.41, 5.74) is 3.92. The highest BCUT2D eigenvalue weighted by Gasteiger charge is 2.35. The molecular formula is C24H17NO4. The average molecular weight is 383 g/mol. The van der Waals surface area contributed by atoms with E-state index >= 15 is 0 Å². The Morgan fingerprint density at radius 3 is 2.45 bits per heavy atom. The Morgan fingerprint density at radius 1 is 0.828 bits per heavy atom. The van der Waals surface area contributed by atoms with Crippen LogP contribution in [0.3, 0.4) is 0 Å². The summed E-state index contributed by atoms with van der Waals surface area (Å²) < 4.78 is 10.8. The summed E-state index contributed by atoms with van der Waals surface area (Å²) in [4.78, 5) is 27.8. The van der Waals surface area contributed by atoms with Gasteiger partial charge in [-0.3, -0.25) is 9.59 Å². The smallest absolute Gasteiger partial charge is 0.265 e. The van der Waals surface area contributed by atoms with Crippen molar-refractivity contribution in [2.24, 2.45) is 0 Å². The number of imide groups is 1. The van der Waals surface area contributed by atoms with E-state index in [1.165, 1.54) is 4.90 Å². The van der Waals surface area contributed by atoms with Crippen molar-refractivity contribution in [2.45, 2.75) is 6.92 Å². The van der Waals surface area contributed by atoms with E-state index in [-0.39, 0.29) is 18.6 Å². The molecule has 0 unspecified atom stereocenters. The maximum Gasteiger partial charge on any atom is 0.265 e. The van der Waals surface area contributed by atoms with Crippen LogP contribution in [0, 0.1) is 6.92 Å². The Bertz CT molecular complexity index is 1190. The number of fused-ring (bicyclic) bond motifs is 2. The van der Waals surface area contributed by atoms with Crippen molar-refractivity contribution in [3.63, 3.8) is 0 Å². The Morgan fingerprint density at radius 2 is 1.62 bits per heavy atom. The molecule has 5 heteroatoms. The van der Waals surface area contributed by atoms with Gasteiger partial charge in [-0.15, -0.1) is 0 Å². The number of hydrogen-bond acceptors (Lipinski definition) is 4. The highest BCUT2D eigenvalue weighted by molar-refractivity contribution is 6.43. The van der Waals surface area contributed by atoms with Crippen molar-refractivity contribution in [1.29, 1.82) is 0 Å². The average Bonchev–Trinajstić information content (AvgIpc) is 3.19. The lowest BCUT2D eigenvalue weighted by Crippen LogP contribution is -2.41. The van der Waals surface area contributed by atoms with E-state index in [1.807, 2.05) is 49.4 Å². The first-order valence-electron chi connectivity index (χ1n) is 9.28. The second-order valence-electron chi connectivity index (χ2n) is 7.00. The van der Waals surface area contributed by atoms with Gasteiger partial charge < -0.3 is 9.47 Å². The van der Waals surface area contributed by atoms with Crippen molar-refractivity contribution in [3.05, 3.63) is 89.0 Å². The van der Waals surface area contributed by atoms with Crippen LogP contribution in [0.2, 0.25) is 0 Å². The van der Waals surface area contributed by atoms with Gasteiger partial charge in [0.1, 0.15) is 0 Å². The van der Waals surface area contributed by atoms with Crippen LogP contribution in [0.1, 0.15) is 27.0 Å². The lowest BCUT2D eigenvalue weighted by atomic mass is 9.91. The number of hydrogen-bond donors (Lipinski definition) is 0. The molecule has 5 rings (SSSR count). The van der Waals surface area contributed by atoms with Crippen LogP contribution in [0.4, 0.5) is 5.69 Å². The topological polar surface area (TPSA) is 55.8 Å². The van der Waals surface area contributed by atoms with Gasteiger partial charge in [0.15, 0.2) is 11.5 Å². The van der Waals surface area contributed by atoms with Crippen molar-refractivity contribution in [3.8, 4) is 11.5 Å². The molecule has 0 saturated carbocycles. The molecule has 0 aromatic heterocycles. The Balaban J connectivity index is 1.67. The third-order valence-corrected chi connectivity index (χ3v) is 5.05. The molecule has 3 aromatic rings. The van der Waals surface area contributed by atoms with E-state index in [4.69, 9.17) is 9.47 Å². The Hall–Kier alpha value is -3.86. The van der Waals surface area contributed by atoms with Crippen LogP contribution < -0.4 is 14.4 Å². The molecule has 0 aliphatic carbocycles. The second-order valence-corrected chi connectivity index (χ2v) is 7.00. The molecule has 0 radical (unpaired) electrons. The fourth-order valence-corrected chi connectivity index (χ4v) is 3.66. The normalized spacial score (nSPS) is 16.3. The van der Waals surface area contributed by atoms with Crippen LogP contribution in [0.5, 0.6) is 11.5 Å². The van der Waals surface area contributed by atoms with Crippen molar-refractivity contribution < 1.29 is 19.1 Å². The number of aryl methyl sites for hydroxylation is 1. The lowest BCUT2D eigenvalue weighted by molar-refractivity contribution is -0.112. The minimum Gasteiger partial charge on any atom is -0.454 e. The van der Waals surface area contributed by atoms with Gasteiger partial charge in [-0.1, -0.05) is 36.4 Å². The lowest BCUT2D eigenvalue weighted by Gasteiger charge is -2.29. The van der Waals surface area contributed by atoms with Gasteiger partial charge in [0, 0.05) is 11.1 Å². The van der Waals surface area contributed by atoms with Gasteiger partial charge in [-0.2, -0.15) is 0 Å². The molecule has 5 nitrogen and oxygen atoms in total. The first-order chi connectivity index (χ1) is 14.1. The van der Waals surface area contributed by atoms with Gasteiger partial charge in [0.05, 0.1) is 5.69 Å². The number of benzene rings is 3. The van der Waals surface area contributed by atoms with Gasteiger partial charge in [-0.05, 0) is 60.0 Å². The monoisotopic (exact) mass is 383 g/mol. The molecule has 3 aromatic carbocycles. The van der Waals surface area contributed by atoms with Crippen molar-refractivity contribution >= 4 is 29.2 Å². The van der Waals surface area contributed by atoms with Crippen LogP contribution in [0.25, 0.3) is 11.6 Å². The summed E-state index contributed by atoms with van der Waals surface area (Å²) in [7, 11) is 0. The number of nitrogens with zero attached hydrogens (tertiary/aromatic N) is 1. The van der Waals surface area contributed by atoms with E-state index in [0.717, 1.165) is 11.1 Å². The molecule has 142 valence electrons. The number of carbonyl (C=O) groups excluding carboxylic acids is 2. The highest BCUT2D eigenvalue weighted by Crippen LogP contribution is 2.36. The summed E-state index contributed by atoms with van der Waals surface area (Å²) in [6, 6.07) is 20.1. The highest BCUT2D eigenvalue weighted by atomic mass is 16.7. The van der Waals surface area contributed by atoms with Gasteiger partial charge in [0.25, 0.3) is 11.8 Å². The van der Waals surface area contributed by atoms with E-state index in [9.17, 15) is 9.59 Å². The van der Waals surface area contributed by atoms with Gasteiger partial charge in [-0.25, -0.2) is 4.90 Å². The molecule has 0 fully saturated rings. The molecule has 0 atom stereocenters. The first-order valence-corrected chi connectivity index (χ1v) is 9.28. The zero-order chi connectivity index (χ0) is 20.0. The summed E-state index contributed by atoms with van der Waals surface area (Å²) in [6.45, 7) is 2.12. The summed E-state index contributed by atoms with van der Waals surface area (Å²) in [5, 5.41) is 0. The van der Waals surface area contributed by atoms with Crippen molar-refractivity contribution in [1.82, 2.24) is 0 Å². The van der Waals surface area contributed by atoms with E-state index in [2.05, 4.69) is 0 Å². The molecule has 2 aliphatic heterocycles. The third kappa shape index (κ3) is 2.88. The number of anilines is 1. The van der Waals surface area contributed by atoms with Crippen LogP contribution >= 0.6 is 0 Å².